The highest BCUT2D eigenvalue weighted by Gasteiger charge is 2.16. The van der Waals surface area contributed by atoms with Crippen LogP contribution in [0.25, 0.3) is 10.8 Å². The SMILES string of the molecule is NC(Cc1c(O)ccc2ccccc12)C(=O)O. The van der Waals surface area contributed by atoms with Crippen molar-refractivity contribution in [3.63, 3.8) is 0 Å². The Hall–Kier alpha value is -2.07. The van der Waals surface area contributed by atoms with Gasteiger partial charge >= 0.3 is 5.97 Å². The van der Waals surface area contributed by atoms with Gasteiger partial charge in [0, 0.05) is 12.0 Å². The molecule has 17 heavy (non-hydrogen) atoms. The van der Waals surface area contributed by atoms with Gasteiger partial charge in [0.15, 0.2) is 0 Å². The number of hydrogen-bond acceptors (Lipinski definition) is 3. The number of phenols is 1. The molecule has 0 bridgehead atoms. The molecule has 0 aromatic heterocycles. The monoisotopic (exact) mass is 231 g/mol. The lowest BCUT2D eigenvalue weighted by Crippen LogP contribution is -2.32. The molecule has 2 aromatic carbocycles. The van der Waals surface area contributed by atoms with Crippen LogP contribution in [0.2, 0.25) is 0 Å². The maximum Gasteiger partial charge on any atom is 0.320 e. The third kappa shape index (κ3) is 2.21. The number of carbonyl (C=O) groups is 1. The molecule has 2 aromatic rings. The number of rotatable bonds is 3. The van der Waals surface area contributed by atoms with Crippen molar-refractivity contribution in [2.24, 2.45) is 5.73 Å². The molecule has 4 nitrogen and oxygen atoms in total. The number of fused-ring (bicyclic) bond motifs is 1. The minimum atomic E-state index is -1.07. The van der Waals surface area contributed by atoms with Gasteiger partial charge in [-0.3, -0.25) is 4.79 Å². The molecule has 0 amide bonds. The second kappa shape index (κ2) is 4.43. The van der Waals surface area contributed by atoms with E-state index in [1.165, 1.54) is 0 Å². The third-order valence-corrected chi connectivity index (χ3v) is 2.76. The van der Waals surface area contributed by atoms with E-state index in [4.69, 9.17) is 10.8 Å². The quantitative estimate of drug-likeness (QED) is 0.747. The maximum atomic E-state index is 10.7. The Bertz CT molecular complexity index is 566. The molecule has 0 saturated carbocycles. The van der Waals surface area contributed by atoms with Gasteiger partial charge in [0.2, 0.25) is 0 Å². The van der Waals surface area contributed by atoms with E-state index in [1.807, 2.05) is 24.3 Å². The highest BCUT2D eigenvalue weighted by molar-refractivity contribution is 5.88. The van der Waals surface area contributed by atoms with Crippen LogP contribution in [0.5, 0.6) is 5.75 Å². The molecule has 4 N–H and O–H groups in total. The van der Waals surface area contributed by atoms with Gasteiger partial charge in [-0.1, -0.05) is 30.3 Å². The Morgan fingerprint density at radius 1 is 1.24 bits per heavy atom. The average Bonchev–Trinajstić information content (AvgIpc) is 2.32. The van der Waals surface area contributed by atoms with Crippen LogP contribution < -0.4 is 5.73 Å². The lowest BCUT2D eigenvalue weighted by molar-refractivity contribution is -0.138. The third-order valence-electron chi connectivity index (χ3n) is 2.76. The Morgan fingerprint density at radius 2 is 1.94 bits per heavy atom. The van der Waals surface area contributed by atoms with E-state index in [0.717, 1.165) is 10.8 Å². The van der Waals surface area contributed by atoms with Crippen LogP contribution in [0, 0.1) is 0 Å². The lowest BCUT2D eigenvalue weighted by Gasteiger charge is -2.11. The predicted octanol–water partition coefficient (Wildman–Crippen LogP) is 1.50. The molecular formula is C13H13NO3. The standard InChI is InChI=1S/C13H13NO3/c14-11(13(16)17)7-10-9-4-2-1-3-8(9)5-6-12(10)15/h1-6,11,15H,7,14H2,(H,16,17). The number of benzene rings is 2. The van der Waals surface area contributed by atoms with Crippen LogP contribution in [0.15, 0.2) is 36.4 Å². The number of carboxylic acid groups (broad SMARTS) is 1. The van der Waals surface area contributed by atoms with Gasteiger partial charge in [-0.2, -0.15) is 0 Å². The first-order valence-electron chi connectivity index (χ1n) is 5.27. The van der Waals surface area contributed by atoms with Crippen molar-refractivity contribution < 1.29 is 15.0 Å². The summed E-state index contributed by atoms with van der Waals surface area (Å²) in [6.07, 6.45) is 0.114. The summed E-state index contributed by atoms with van der Waals surface area (Å²) in [6.45, 7) is 0. The zero-order valence-corrected chi connectivity index (χ0v) is 9.13. The fraction of sp³-hybridized carbons (Fsp3) is 0.154. The number of carboxylic acids is 1. The fourth-order valence-electron chi connectivity index (χ4n) is 1.85. The van der Waals surface area contributed by atoms with Gasteiger partial charge in [-0.15, -0.1) is 0 Å². The summed E-state index contributed by atoms with van der Waals surface area (Å²) in [5.74, 6) is -0.988. The van der Waals surface area contributed by atoms with Crippen LogP contribution in [0.3, 0.4) is 0 Å². The van der Waals surface area contributed by atoms with Gasteiger partial charge in [0.25, 0.3) is 0 Å². The van der Waals surface area contributed by atoms with E-state index < -0.39 is 12.0 Å². The van der Waals surface area contributed by atoms with E-state index in [1.54, 1.807) is 12.1 Å². The van der Waals surface area contributed by atoms with E-state index >= 15 is 0 Å². The number of hydrogen-bond donors (Lipinski definition) is 3. The number of nitrogens with two attached hydrogens (primary N) is 1. The molecule has 0 aliphatic rings. The summed E-state index contributed by atoms with van der Waals surface area (Å²) in [7, 11) is 0. The number of phenolic OH excluding ortho intramolecular Hbond substituents is 1. The Morgan fingerprint density at radius 3 is 2.65 bits per heavy atom. The second-order valence-corrected chi connectivity index (χ2v) is 3.93. The molecule has 0 saturated heterocycles. The van der Waals surface area contributed by atoms with Crippen molar-refractivity contribution in [2.75, 3.05) is 0 Å². The maximum absolute atomic E-state index is 10.7. The Kier molecular flexibility index (Phi) is 2.97. The first-order valence-corrected chi connectivity index (χ1v) is 5.27. The van der Waals surface area contributed by atoms with Gasteiger partial charge in [0.05, 0.1) is 0 Å². The highest BCUT2D eigenvalue weighted by Crippen LogP contribution is 2.27. The van der Waals surface area contributed by atoms with E-state index in [9.17, 15) is 9.90 Å². The van der Waals surface area contributed by atoms with Crippen molar-refractivity contribution in [3.05, 3.63) is 42.0 Å². The second-order valence-electron chi connectivity index (χ2n) is 3.93. The average molecular weight is 231 g/mol. The van der Waals surface area contributed by atoms with Crippen molar-refractivity contribution in [1.82, 2.24) is 0 Å². The molecule has 88 valence electrons. The molecule has 2 rings (SSSR count). The van der Waals surface area contributed by atoms with Crippen LogP contribution in [-0.4, -0.2) is 22.2 Å². The van der Waals surface area contributed by atoms with Crippen LogP contribution in [0.1, 0.15) is 5.56 Å². The van der Waals surface area contributed by atoms with Gasteiger partial charge < -0.3 is 15.9 Å². The van der Waals surface area contributed by atoms with E-state index in [-0.39, 0.29) is 12.2 Å². The number of aliphatic carboxylic acids is 1. The van der Waals surface area contributed by atoms with Crippen LogP contribution in [-0.2, 0) is 11.2 Å². The van der Waals surface area contributed by atoms with Gasteiger partial charge in [0.1, 0.15) is 11.8 Å². The Labute approximate surface area is 98.3 Å². The Balaban J connectivity index is 2.51. The first kappa shape index (κ1) is 11.4. The molecule has 1 unspecified atom stereocenters. The summed E-state index contributed by atoms with van der Waals surface area (Å²) >= 11 is 0. The summed E-state index contributed by atoms with van der Waals surface area (Å²) in [5.41, 5.74) is 6.08. The molecule has 4 heteroatoms. The van der Waals surface area contributed by atoms with Crippen molar-refractivity contribution in [3.8, 4) is 5.75 Å². The summed E-state index contributed by atoms with van der Waals surface area (Å²) in [4.78, 5) is 10.7. The van der Waals surface area contributed by atoms with Crippen LogP contribution in [0.4, 0.5) is 0 Å². The molecule has 0 radical (unpaired) electrons. The summed E-state index contributed by atoms with van der Waals surface area (Å²) in [5, 5.41) is 20.4. The van der Waals surface area contributed by atoms with E-state index in [2.05, 4.69) is 0 Å². The summed E-state index contributed by atoms with van der Waals surface area (Å²) in [6, 6.07) is 9.83. The smallest absolute Gasteiger partial charge is 0.320 e. The van der Waals surface area contributed by atoms with E-state index in [0.29, 0.717) is 5.56 Å². The van der Waals surface area contributed by atoms with Crippen molar-refractivity contribution in [2.45, 2.75) is 12.5 Å². The molecule has 1 atom stereocenters. The zero-order valence-electron chi connectivity index (χ0n) is 9.13. The van der Waals surface area contributed by atoms with Crippen LogP contribution >= 0.6 is 0 Å². The lowest BCUT2D eigenvalue weighted by atomic mass is 9.98. The van der Waals surface area contributed by atoms with Crippen molar-refractivity contribution in [1.29, 1.82) is 0 Å². The predicted molar refractivity (Wildman–Crippen MR) is 64.9 cm³/mol. The molecule has 0 aliphatic carbocycles. The molecular weight excluding hydrogens is 218 g/mol. The number of aromatic hydroxyl groups is 1. The van der Waals surface area contributed by atoms with Gasteiger partial charge in [-0.05, 0) is 16.8 Å². The fourth-order valence-corrected chi connectivity index (χ4v) is 1.85. The molecule has 0 spiro atoms. The largest absolute Gasteiger partial charge is 0.508 e. The minimum absolute atomic E-state index is 0.0837. The first-order chi connectivity index (χ1) is 8.09. The molecule has 0 heterocycles. The molecule has 0 aliphatic heterocycles. The topological polar surface area (TPSA) is 83.5 Å². The summed E-state index contributed by atoms with van der Waals surface area (Å²) < 4.78 is 0. The van der Waals surface area contributed by atoms with Gasteiger partial charge in [-0.25, -0.2) is 0 Å². The minimum Gasteiger partial charge on any atom is -0.508 e. The zero-order chi connectivity index (χ0) is 12.4. The molecule has 0 fully saturated rings. The normalized spacial score (nSPS) is 12.5. The highest BCUT2D eigenvalue weighted by atomic mass is 16.4. The van der Waals surface area contributed by atoms with Crippen molar-refractivity contribution >= 4 is 16.7 Å².